The lowest BCUT2D eigenvalue weighted by molar-refractivity contribution is 0.0706. The third kappa shape index (κ3) is 3.49. The average molecular weight is 366 g/mol. The zero-order chi connectivity index (χ0) is 17.9. The van der Waals surface area contributed by atoms with Crippen LogP contribution in [0, 0.1) is 0 Å². The van der Waals surface area contributed by atoms with Crippen molar-refractivity contribution in [3.63, 3.8) is 0 Å². The number of carbonyl (C=O) groups is 1. The Balaban J connectivity index is 1.40. The summed E-state index contributed by atoms with van der Waals surface area (Å²) in [6, 6.07) is 15.8. The number of piperidine rings is 1. The molecule has 1 fully saturated rings. The number of para-hydroxylation sites is 2. The summed E-state index contributed by atoms with van der Waals surface area (Å²) in [6.45, 7) is 1.49. The molecule has 2 aromatic carbocycles. The second-order valence-electron chi connectivity index (χ2n) is 6.72. The minimum absolute atomic E-state index is 0.122. The number of likely N-dealkylation sites (tertiary alicyclic amines) is 1. The number of fused-ring (bicyclic) bond motifs is 1. The van der Waals surface area contributed by atoms with E-state index in [0.717, 1.165) is 54.2 Å². The normalized spacial score (nSPS) is 15.5. The van der Waals surface area contributed by atoms with Crippen LogP contribution in [0.3, 0.4) is 0 Å². The number of aromatic nitrogens is 1. The molecule has 4 nitrogen and oxygen atoms in total. The van der Waals surface area contributed by atoms with E-state index in [0.29, 0.717) is 0 Å². The van der Waals surface area contributed by atoms with Crippen molar-refractivity contribution >= 4 is 28.8 Å². The van der Waals surface area contributed by atoms with Gasteiger partial charge in [-0.25, -0.2) is 4.98 Å². The highest BCUT2D eigenvalue weighted by molar-refractivity contribution is 7.97. The lowest BCUT2D eigenvalue weighted by Gasteiger charge is -2.30. The summed E-state index contributed by atoms with van der Waals surface area (Å²) in [5.74, 6) is 2.19. The van der Waals surface area contributed by atoms with Crippen LogP contribution in [0.15, 0.2) is 52.9 Å². The van der Waals surface area contributed by atoms with Crippen molar-refractivity contribution in [3.8, 4) is 0 Å². The first-order valence-corrected chi connectivity index (χ1v) is 10.4. The summed E-state index contributed by atoms with van der Waals surface area (Å²) in [5, 5.41) is 0. The third-order valence-electron chi connectivity index (χ3n) is 4.95. The Labute approximate surface area is 157 Å². The van der Waals surface area contributed by atoms with Crippen LogP contribution in [0.2, 0.25) is 0 Å². The zero-order valence-electron chi connectivity index (χ0n) is 14.9. The van der Waals surface area contributed by atoms with E-state index in [1.807, 2.05) is 41.3 Å². The van der Waals surface area contributed by atoms with Gasteiger partial charge in [0.25, 0.3) is 5.91 Å². The molecular formula is C21H22N2O2S. The van der Waals surface area contributed by atoms with E-state index in [1.54, 1.807) is 11.8 Å². The monoisotopic (exact) mass is 366 g/mol. The highest BCUT2D eigenvalue weighted by Gasteiger charge is 2.27. The van der Waals surface area contributed by atoms with Gasteiger partial charge in [0.15, 0.2) is 11.5 Å². The quantitative estimate of drug-likeness (QED) is 0.671. The molecular weight excluding hydrogens is 344 g/mol. The Hall–Kier alpha value is -2.27. The molecule has 26 heavy (non-hydrogen) atoms. The molecule has 5 heteroatoms. The molecule has 1 amide bonds. The molecule has 134 valence electrons. The van der Waals surface area contributed by atoms with Crippen molar-refractivity contribution in [2.75, 3.05) is 19.3 Å². The molecule has 0 N–H and O–H groups in total. The molecule has 0 aliphatic carbocycles. The van der Waals surface area contributed by atoms with Gasteiger partial charge in [-0.15, -0.1) is 0 Å². The van der Waals surface area contributed by atoms with Gasteiger partial charge in [0, 0.05) is 30.3 Å². The lowest BCUT2D eigenvalue weighted by atomic mass is 9.96. The van der Waals surface area contributed by atoms with E-state index in [1.165, 1.54) is 5.56 Å². The molecule has 1 aromatic heterocycles. The van der Waals surface area contributed by atoms with Gasteiger partial charge in [-0.3, -0.25) is 4.79 Å². The molecule has 4 rings (SSSR count). The number of nitrogens with zero attached hydrogens (tertiary/aromatic N) is 2. The zero-order valence-corrected chi connectivity index (χ0v) is 15.7. The Bertz CT molecular complexity index is 863. The van der Waals surface area contributed by atoms with Crippen molar-refractivity contribution in [2.45, 2.75) is 24.5 Å². The lowest BCUT2D eigenvalue weighted by Crippen LogP contribution is -2.38. The topological polar surface area (TPSA) is 46.3 Å². The van der Waals surface area contributed by atoms with Gasteiger partial charge in [0.2, 0.25) is 0 Å². The number of carbonyl (C=O) groups excluding carboxylic acids is 1. The van der Waals surface area contributed by atoms with Gasteiger partial charge >= 0.3 is 0 Å². The first-order chi connectivity index (χ1) is 12.7. The first-order valence-electron chi connectivity index (χ1n) is 8.97. The number of thioether (sulfide) groups is 1. The molecule has 1 aliphatic rings. The van der Waals surface area contributed by atoms with E-state index in [4.69, 9.17) is 4.42 Å². The minimum Gasteiger partial charge on any atom is -0.440 e. The molecule has 0 radical (unpaired) electrons. The predicted octanol–water partition coefficient (Wildman–Crippen LogP) is 4.71. The Morgan fingerprint density at radius 3 is 2.58 bits per heavy atom. The summed E-state index contributed by atoms with van der Waals surface area (Å²) < 4.78 is 5.91. The largest absolute Gasteiger partial charge is 0.440 e. The standard InChI is InChI=1S/C21H22N2O2S/c1-26-14-15-6-8-17(9-7-15)21(24)23-12-10-16(11-13-23)20-22-18-4-2-3-5-19(18)25-20/h2-9,16H,10-14H2,1H3. The number of oxazole rings is 1. The number of amides is 1. The van der Waals surface area contributed by atoms with Crippen molar-refractivity contribution in [3.05, 3.63) is 65.5 Å². The van der Waals surface area contributed by atoms with Crippen molar-refractivity contribution < 1.29 is 9.21 Å². The Kier molecular flexibility index (Phi) is 4.98. The van der Waals surface area contributed by atoms with Gasteiger partial charge in [-0.2, -0.15) is 11.8 Å². The third-order valence-corrected chi connectivity index (χ3v) is 5.58. The van der Waals surface area contributed by atoms with E-state index in [9.17, 15) is 4.79 Å². The van der Waals surface area contributed by atoms with Crippen molar-refractivity contribution in [2.24, 2.45) is 0 Å². The minimum atomic E-state index is 0.122. The van der Waals surface area contributed by atoms with Gasteiger partial charge in [0.1, 0.15) is 5.52 Å². The number of benzene rings is 2. The van der Waals surface area contributed by atoms with Crippen LogP contribution >= 0.6 is 11.8 Å². The predicted molar refractivity (Wildman–Crippen MR) is 106 cm³/mol. The maximum absolute atomic E-state index is 12.7. The van der Waals surface area contributed by atoms with E-state index < -0.39 is 0 Å². The molecule has 0 unspecified atom stereocenters. The molecule has 1 aliphatic heterocycles. The average Bonchev–Trinajstić information content (AvgIpc) is 3.13. The highest BCUT2D eigenvalue weighted by Crippen LogP contribution is 2.30. The summed E-state index contributed by atoms with van der Waals surface area (Å²) >= 11 is 1.79. The Morgan fingerprint density at radius 1 is 1.15 bits per heavy atom. The number of rotatable bonds is 4. The van der Waals surface area contributed by atoms with E-state index in [2.05, 4.69) is 23.4 Å². The highest BCUT2D eigenvalue weighted by atomic mass is 32.2. The van der Waals surface area contributed by atoms with Crippen LogP contribution in [0.25, 0.3) is 11.1 Å². The summed E-state index contributed by atoms with van der Waals surface area (Å²) in [5.41, 5.74) is 3.77. The van der Waals surface area contributed by atoms with Crippen LogP contribution in [0.5, 0.6) is 0 Å². The van der Waals surface area contributed by atoms with Gasteiger partial charge in [-0.05, 0) is 48.9 Å². The fourth-order valence-electron chi connectivity index (χ4n) is 3.49. The maximum Gasteiger partial charge on any atom is 0.253 e. The number of hydrogen-bond donors (Lipinski definition) is 0. The van der Waals surface area contributed by atoms with Crippen LogP contribution in [-0.4, -0.2) is 35.1 Å². The molecule has 1 saturated heterocycles. The summed E-state index contributed by atoms with van der Waals surface area (Å²) in [7, 11) is 0. The summed E-state index contributed by atoms with van der Waals surface area (Å²) in [4.78, 5) is 19.3. The van der Waals surface area contributed by atoms with Crippen LogP contribution in [0.1, 0.15) is 40.6 Å². The molecule has 2 heterocycles. The molecule has 3 aromatic rings. The molecule has 0 saturated carbocycles. The SMILES string of the molecule is CSCc1ccc(C(=O)N2CCC(c3nc4ccccc4o3)CC2)cc1. The molecule has 0 atom stereocenters. The van der Waals surface area contributed by atoms with Gasteiger partial charge in [0.05, 0.1) is 0 Å². The van der Waals surface area contributed by atoms with E-state index in [-0.39, 0.29) is 11.8 Å². The Morgan fingerprint density at radius 2 is 1.88 bits per heavy atom. The number of hydrogen-bond acceptors (Lipinski definition) is 4. The second kappa shape index (κ2) is 7.54. The first kappa shape index (κ1) is 17.2. The van der Waals surface area contributed by atoms with Gasteiger partial charge in [-0.1, -0.05) is 24.3 Å². The van der Waals surface area contributed by atoms with E-state index >= 15 is 0 Å². The van der Waals surface area contributed by atoms with Crippen LogP contribution < -0.4 is 0 Å². The fourth-order valence-corrected chi connectivity index (χ4v) is 4.01. The second-order valence-corrected chi connectivity index (χ2v) is 7.58. The fraction of sp³-hybridized carbons (Fsp3) is 0.333. The summed E-state index contributed by atoms with van der Waals surface area (Å²) in [6.07, 6.45) is 3.87. The van der Waals surface area contributed by atoms with Crippen molar-refractivity contribution in [1.29, 1.82) is 0 Å². The smallest absolute Gasteiger partial charge is 0.253 e. The van der Waals surface area contributed by atoms with Crippen LogP contribution in [-0.2, 0) is 5.75 Å². The van der Waals surface area contributed by atoms with Gasteiger partial charge < -0.3 is 9.32 Å². The molecule has 0 bridgehead atoms. The van der Waals surface area contributed by atoms with Crippen LogP contribution in [0.4, 0.5) is 0 Å². The molecule has 0 spiro atoms. The maximum atomic E-state index is 12.7. The van der Waals surface area contributed by atoms with Crippen molar-refractivity contribution in [1.82, 2.24) is 9.88 Å².